The summed E-state index contributed by atoms with van der Waals surface area (Å²) in [6, 6.07) is 4.51. The van der Waals surface area contributed by atoms with Gasteiger partial charge in [-0.15, -0.1) is 0 Å². The van der Waals surface area contributed by atoms with E-state index in [1.54, 1.807) is 12.1 Å². The first-order valence-electron chi connectivity index (χ1n) is 6.74. The Labute approximate surface area is 125 Å². The summed E-state index contributed by atoms with van der Waals surface area (Å²) in [6.07, 6.45) is 2.10. The van der Waals surface area contributed by atoms with E-state index in [9.17, 15) is 9.90 Å². The Morgan fingerprint density at radius 3 is 3.10 bits per heavy atom. The number of hydrogen-bond donors (Lipinski definition) is 3. The second kappa shape index (κ2) is 5.35. The molecule has 1 saturated heterocycles. The van der Waals surface area contributed by atoms with Crippen LogP contribution in [0.15, 0.2) is 22.7 Å². The number of halogens is 1. The monoisotopic (exact) mass is 340 g/mol. The summed E-state index contributed by atoms with van der Waals surface area (Å²) >= 11 is 3.29. The normalized spacial score (nSPS) is 32.1. The van der Waals surface area contributed by atoms with Gasteiger partial charge in [0, 0.05) is 23.0 Å². The van der Waals surface area contributed by atoms with Crippen LogP contribution in [0.3, 0.4) is 0 Å². The molecule has 6 heteroatoms. The summed E-state index contributed by atoms with van der Waals surface area (Å²) in [6.45, 7) is 0.725. The standard InChI is InChI=1S/C14H17BrN2O3/c15-7-3-4-10(18)9(6-7)14(19)17-12-11(16)8-2-1-5-20-13(8)12/h3-4,6,8,11-13,18H,1-2,5,16H2,(H,17,19). The number of carbonyl (C=O) groups is 1. The Bertz CT molecular complexity index is 537. The molecule has 1 aromatic rings. The molecule has 2 aliphatic rings. The Balaban J connectivity index is 1.71. The predicted molar refractivity (Wildman–Crippen MR) is 77.5 cm³/mol. The number of benzene rings is 1. The van der Waals surface area contributed by atoms with Crippen LogP contribution in [0.4, 0.5) is 0 Å². The lowest BCUT2D eigenvalue weighted by atomic mass is 9.68. The molecular formula is C14H17BrN2O3. The zero-order valence-corrected chi connectivity index (χ0v) is 12.5. The van der Waals surface area contributed by atoms with Crippen LogP contribution in [0.25, 0.3) is 0 Å². The molecule has 108 valence electrons. The zero-order chi connectivity index (χ0) is 14.3. The molecule has 0 radical (unpaired) electrons. The molecule has 1 saturated carbocycles. The topological polar surface area (TPSA) is 84.6 Å². The maximum absolute atomic E-state index is 12.2. The molecule has 5 nitrogen and oxygen atoms in total. The highest BCUT2D eigenvalue weighted by Crippen LogP contribution is 2.37. The van der Waals surface area contributed by atoms with Gasteiger partial charge in [0.1, 0.15) is 5.75 Å². The first kappa shape index (κ1) is 13.9. The molecule has 1 heterocycles. The SMILES string of the molecule is NC1C2CCCOC2C1NC(=O)c1cc(Br)ccc1O. The molecule has 4 unspecified atom stereocenters. The van der Waals surface area contributed by atoms with E-state index < -0.39 is 0 Å². The van der Waals surface area contributed by atoms with Gasteiger partial charge in [0.05, 0.1) is 17.7 Å². The third-order valence-corrected chi connectivity index (χ3v) is 4.67. The summed E-state index contributed by atoms with van der Waals surface area (Å²) in [5.41, 5.74) is 6.35. The van der Waals surface area contributed by atoms with Crippen LogP contribution in [0.5, 0.6) is 5.75 Å². The second-order valence-electron chi connectivity index (χ2n) is 5.38. The molecule has 4 atom stereocenters. The van der Waals surface area contributed by atoms with Gasteiger partial charge in [-0.05, 0) is 31.0 Å². The van der Waals surface area contributed by atoms with Crippen LogP contribution < -0.4 is 11.1 Å². The fourth-order valence-corrected chi connectivity index (χ4v) is 3.41. The van der Waals surface area contributed by atoms with Crippen molar-refractivity contribution < 1.29 is 14.6 Å². The minimum absolute atomic E-state index is 0.0111. The summed E-state index contributed by atoms with van der Waals surface area (Å²) < 4.78 is 6.43. The van der Waals surface area contributed by atoms with Crippen molar-refractivity contribution in [2.45, 2.75) is 31.0 Å². The highest BCUT2D eigenvalue weighted by molar-refractivity contribution is 9.10. The number of aromatic hydroxyl groups is 1. The van der Waals surface area contributed by atoms with Gasteiger partial charge in [-0.3, -0.25) is 4.79 Å². The molecule has 0 bridgehead atoms. The summed E-state index contributed by atoms with van der Waals surface area (Å²) in [7, 11) is 0. The van der Waals surface area contributed by atoms with Gasteiger partial charge in [-0.2, -0.15) is 0 Å². The minimum atomic E-state index is -0.322. The molecule has 1 amide bonds. The molecule has 1 aromatic carbocycles. The van der Waals surface area contributed by atoms with E-state index in [4.69, 9.17) is 10.5 Å². The highest BCUT2D eigenvalue weighted by atomic mass is 79.9. The third-order valence-electron chi connectivity index (χ3n) is 4.18. The number of hydrogen-bond acceptors (Lipinski definition) is 4. The average Bonchev–Trinajstić information content (AvgIpc) is 2.46. The van der Waals surface area contributed by atoms with Crippen molar-refractivity contribution in [3.05, 3.63) is 28.2 Å². The Hall–Kier alpha value is -1.11. The van der Waals surface area contributed by atoms with E-state index in [2.05, 4.69) is 21.2 Å². The fraction of sp³-hybridized carbons (Fsp3) is 0.500. The number of nitrogens with two attached hydrogens (primary N) is 1. The number of carbonyl (C=O) groups excluding carboxylic acids is 1. The minimum Gasteiger partial charge on any atom is -0.507 e. The van der Waals surface area contributed by atoms with E-state index in [1.165, 1.54) is 6.07 Å². The molecule has 0 aromatic heterocycles. The van der Waals surface area contributed by atoms with Crippen molar-refractivity contribution in [3.63, 3.8) is 0 Å². The van der Waals surface area contributed by atoms with Crippen LogP contribution >= 0.6 is 15.9 Å². The number of fused-ring (bicyclic) bond motifs is 1. The maximum atomic E-state index is 12.2. The lowest BCUT2D eigenvalue weighted by Crippen LogP contribution is -2.72. The van der Waals surface area contributed by atoms with Crippen LogP contribution in [0, 0.1) is 5.92 Å². The van der Waals surface area contributed by atoms with Crippen LogP contribution in [-0.2, 0) is 4.74 Å². The van der Waals surface area contributed by atoms with Gasteiger partial charge < -0.3 is 20.9 Å². The third kappa shape index (κ3) is 2.32. The number of rotatable bonds is 2. The first-order valence-corrected chi connectivity index (χ1v) is 7.54. The molecule has 1 aliphatic carbocycles. The lowest BCUT2D eigenvalue weighted by molar-refractivity contribution is -0.117. The van der Waals surface area contributed by atoms with Crippen molar-refractivity contribution in [2.24, 2.45) is 11.7 Å². The molecule has 3 rings (SSSR count). The molecule has 2 fully saturated rings. The van der Waals surface area contributed by atoms with Gasteiger partial charge in [-0.1, -0.05) is 15.9 Å². The van der Waals surface area contributed by atoms with Crippen molar-refractivity contribution in [1.82, 2.24) is 5.32 Å². The van der Waals surface area contributed by atoms with Gasteiger partial charge in [0.2, 0.25) is 0 Å². The largest absolute Gasteiger partial charge is 0.507 e. The molecule has 20 heavy (non-hydrogen) atoms. The predicted octanol–water partition coefficient (Wildman–Crippen LogP) is 1.39. The summed E-state index contributed by atoms with van der Waals surface area (Å²) in [5, 5.41) is 12.6. The van der Waals surface area contributed by atoms with Gasteiger partial charge in [0.15, 0.2) is 0 Å². The van der Waals surface area contributed by atoms with Crippen molar-refractivity contribution in [2.75, 3.05) is 6.61 Å². The molecule has 0 spiro atoms. The van der Waals surface area contributed by atoms with E-state index in [0.29, 0.717) is 5.92 Å². The van der Waals surface area contributed by atoms with Gasteiger partial charge in [0.25, 0.3) is 5.91 Å². The van der Waals surface area contributed by atoms with Crippen molar-refractivity contribution >= 4 is 21.8 Å². The van der Waals surface area contributed by atoms with E-state index in [1.807, 2.05) is 0 Å². The van der Waals surface area contributed by atoms with Crippen LogP contribution in [0.1, 0.15) is 23.2 Å². The van der Waals surface area contributed by atoms with Gasteiger partial charge >= 0.3 is 0 Å². The average molecular weight is 341 g/mol. The number of phenols is 1. The number of nitrogens with one attached hydrogen (secondary N) is 1. The maximum Gasteiger partial charge on any atom is 0.255 e. The van der Waals surface area contributed by atoms with Crippen LogP contribution in [-0.4, -0.2) is 35.8 Å². The number of ether oxygens (including phenoxy) is 1. The Kier molecular flexibility index (Phi) is 3.70. The number of amides is 1. The quantitative estimate of drug-likeness (QED) is 0.759. The van der Waals surface area contributed by atoms with E-state index in [-0.39, 0.29) is 35.4 Å². The summed E-state index contributed by atoms with van der Waals surface area (Å²) in [4.78, 5) is 12.2. The Morgan fingerprint density at radius 2 is 2.30 bits per heavy atom. The van der Waals surface area contributed by atoms with Crippen LogP contribution in [0.2, 0.25) is 0 Å². The lowest BCUT2D eigenvalue weighted by Gasteiger charge is -2.52. The molecule has 4 N–H and O–H groups in total. The zero-order valence-electron chi connectivity index (χ0n) is 10.9. The summed E-state index contributed by atoms with van der Waals surface area (Å²) in [5.74, 6) is -0.0262. The fourth-order valence-electron chi connectivity index (χ4n) is 3.05. The second-order valence-corrected chi connectivity index (χ2v) is 6.30. The molecular weight excluding hydrogens is 324 g/mol. The van der Waals surface area contributed by atoms with Crippen molar-refractivity contribution in [3.8, 4) is 5.75 Å². The van der Waals surface area contributed by atoms with E-state index >= 15 is 0 Å². The molecule has 1 aliphatic heterocycles. The first-order chi connectivity index (χ1) is 9.58. The smallest absolute Gasteiger partial charge is 0.255 e. The van der Waals surface area contributed by atoms with Gasteiger partial charge in [-0.25, -0.2) is 0 Å². The van der Waals surface area contributed by atoms with Crippen molar-refractivity contribution in [1.29, 1.82) is 0 Å². The Morgan fingerprint density at radius 1 is 1.50 bits per heavy atom. The highest BCUT2D eigenvalue weighted by Gasteiger charge is 2.51. The number of phenolic OH excluding ortho intramolecular Hbond substituents is 1. The van der Waals surface area contributed by atoms with E-state index in [0.717, 1.165) is 23.9 Å².